The van der Waals surface area contributed by atoms with Crippen molar-refractivity contribution in [2.45, 2.75) is 29.6 Å². The lowest BCUT2D eigenvalue weighted by Crippen LogP contribution is -2.19. The maximum atomic E-state index is 14.0. The Balaban J connectivity index is 2.08. The van der Waals surface area contributed by atoms with Crippen molar-refractivity contribution >= 4 is 23.1 Å². The van der Waals surface area contributed by atoms with Crippen LogP contribution in [0.25, 0.3) is 0 Å². The molecule has 0 radical (unpaired) electrons. The zero-order chi connectivity index (χ0) is 14.5. The number of nitrogens with zero attached hydrogens (tertiary/aromatic N) is 2. The van der Waals surface area contributed by atoms with E-state index in [1.807, 2.05) is 0 Å². The van der Waals surface area contributed by atoms with Gasteiger partial charge < -0.3 is 5.32 Å². The van der Waals surface area contributed by atoms with Gasteiger partial charge in [-0.2, -0.15) is 0 Å². The van der Waals surface area contributed by atoms with E-state index in [1.54, 1.807) is 0 Å². The summed E-state index contributed by atoms with van der Waals surface area (Å²) in [6.45, 7) is 5.42. The summed E-state index contributed by atoms with van der Waals surface area (Å²) in [5, 5.41) is 10.6. The number of halogens is 2. The molecule has 2 rings (SSSR count). The van der Waals surface area contributed by atoms with Gasteiger partial charge in [0.25, 0.3) is 0 Å². The number of rotatable bonds is 6. The number of benzene rings is 1. The van der Waals surface area contributed by atoms with Crippen molar-refractivity contribution in [1.29, 1.82) is 0 Å². The Morgan fingerprint density at radius 2 is 2.00 bits per heavy atom. The number of aromatic nitrogens is 2. The van der Waals surface area contributed by atoms with E-state index in [2.05, 4.69) is 29.4 Å². The van der Waals surface area contributed by atoms with E-state index in [-0.39, 0.29) is 4.90 Å². The van der Waals surface area contributed by atoms with E-state index in [1.165, 1.54) is 29.0 Å². The summed E-state index contributed by atoms with van der Waals surface area (Å²) in [6.07, 6.45) is 0. The summed E-state index contributed by atoms with van der Waals surface area (Å²) in [6, 6.07) is 2.72. The topological polar surface area (TPSA) is 37.8 Å². The summed E-state index contributed by atoms with van der Waals surface area (Å²) >= 11 is 2.21. The normalized spacial score (nSPS) is 11.2. The van der Waals surface area contributed by atoms with Crippen LogP contribution in [-0.4, -0.2) is 16.7 Å². The second kappa shape index (κ2) is 7.10. The Kier molecular flexibility index (Phi) is 5.45. The minimum Gasteiger partial charge on any atom is -0.312 e. The van der Waals surface area contributed by atoms with E-state index in [0.717, 1.165) is 18.3 Å². The molecule has 1 N–H and O–H groups in total. The lowest BCUT2D eigenvalue weighted by Gasteiger charge is -2.09. The monoisotopic (exact) mass is 315 g/mol. The molecule has 0 atom stereocenters. The standard InChI is InChI=1S/C13H15F2N3S2/c1-8(2)5-16-6-9-3-10(14)12(11(15)4-9)20-13-18-17-7-19-13/h3-4,7-8,16H,5-6H2,1-2H3. The number of hydrogen-bond acceptors (Lipinski definition) is 5. The van der Waals surface area contributed by atoms with E-state index in [9.17, 15) is 8.78 Å². The van der Waals surface area contributed by atoms with Gasteiger partial charge in [-0.05, 0) is 30.2 Å². The molecule has 3 nitrogen and oxygen atoms in total. The Hall–Kier alpha value is -1.05. The lowest BCUT2D eigenvalue weighted by molar-refractivity contribution is 0.525. The van der Waals surface area contributed by atoms with Gasteiger partial charge in [-0.1, -0.05) is 36.9 Å². The first-order valence-electron chi connectivity index (χ1n) is 6.19. The molecule has 0 unspecified atom stereocenters. The quantitative estimate of drug-likeness (QED) is 0.882. The van der Waals surface area contributed by atoms with Crippen LogP contribution in [0.1, 0.15) is 19.4 Å². The molecule has 0 fully saturated rings. The molecular weight excluding hydrogens is 300 g/mol. The van der Waals surface area contributed by atoms with Crippen LogP contribution < -0.4 is 5.32 Å². The predicted molar refractivity (Wildman–Crippen MR) is 76.9 cm³/mol. The number of hydrogen-bond donors (Lipinski definition) is 1. The van der Waals surface area contributed by atoms with Gasteiger partial charge in [-0.15, -0.1) is 10.2 Å². The first-order chi connectivity index (χ1) is 9.56. The van der Waals surface area contributed by atoms with Crippen molar-refractivity contribution in [1.82, 2.24) is 15.5 Å². The van der Waals surface area contributed by atoms with Crippen LogP contribution in [0.2, 0.25) is 0 Å². The van der Waals surface area contributed by atoms with E-state index < -0.39 is 11.6 Å². The van der Waals surface area contributed by atoms with Crippen LogP contribution in [0, 0.1) is 17.6 Å². The molecular formula is C13H15F2N3S2. The Morgan fingerprint density at radius 3 is 2.55 bits per heavy atom. The zero-order valence-electron chi connectivity index (χ0n) is 11.2. The summed E-state index contributed by atoms with van der Waals surface area (Å²) < 4.78 is 28.4. The first-order valence-corrected chi connectivity index (χ1v) is 7.88. The van der Waals surface area contributed by atoms with Crippen LogP contribution in [0.15, 0.2) is 26.9 Å². The highest BCUT2D eigenvalue weighted by Crippen LogP contribution is 2.33. The van der Waals surface area contributed by atoms with Crippen molar-refractivity contribution in [3.8, 4) is 0 Å². The van der Waals surface area contributed by atoms with E-state index in [0.29, 0.717) is 22.4 Å². The second-order valence-electron chi connectivity index (χ2n) is 4.72. The van der Waals surface area contributed by atoms with Crippen molar-refractivity contribution < 1.29 is 8.78 Å². The average Bonchev–Trinajstić information content (AvgIpc) is 2.86. The summed E-state index contributed by atoms with van der Waals surface area (Å²) in [4.78, 5) is -0.0330. The average molecular weight is 315 g/mol. The smallest absolute Gasteiger partial charge is 0.179 e. The fourth-order valence-electron chi connectivity index (χ4n) is 1.61. The van der Waals surface area contributed by atoms with Gasteiger partial charge in [-0.3, -0.25) is 0 Å². The largest absolute Gasteiger partial charge is 0.312 e. The molecule has 0 bridgehead atoms. The van der Waals surface area contributed by atoms with Gasteiger partial charge in [0, 0.05) is 6.54 Å². The summed E-state index contributed by atoms with van der Waals surface area (Å²) in [7, 11) is 0. The van der Waals surface area contributed by atoms with Gasteiger partial charge >= 0.3 is 0 Å². The van der Waals surface area contributed by atoms with Crippen LogP contribution in [0.3, 0.4) is 0 Å². The molecule has 1 heterocycles. The van der Waals surface area contributed by atoms with E-state index in [4.69, 9.17) is 0 Å². The van der Waals surface area contributed by atoms with Gasteiger partial charge in [0.15, 0.2) is 4.34 Å². The van der Waals surface area contributed by atoms with Crippen molar-refractivity contribution in [2.24, 2.45) is 5.92 Å². The molecule has 0 aliphatic heterocycles. The Bertz CT molecular complexity index is 536. The molecule has 0 amide bonds. The Labute approximate surface area is 124 Å². The highest BCUT2D eigenvalue weighted by Gasteiger charge is 2.14. The lowest BCUT2D eigenvalue weighted by atomic mass is 10.2. The minimum atomic E-state index is -0.563. The van der Waals surface area contributed by atoms with Crippen LogP contribution in [-0.2, 0) is 6.54 Å². The molecule has 0 saturated carbocycles. The maximum absolute atomic E-state index is 14.0. The molecule has 2 aromatic rings. The molecule has 0 aliphatic carbocycles. The van der Waals surface area contributed by atoms with E-state index >= 15 is 0 Å². The summed E-state index contributed by atoms with van der Waals surface area (Å²) in [5.41, 5.74) is 2.13. The van der Waals surface area contributed by atoms with Crippen LogP contribution in [0.5, 0.6) is 0 Å². The van der Waals surface area contributed by atoms with Gasteiger partial charge in [0.2, 0.25) is 0 Å². The predicted octanol–water partition coefficient (Wildman–Crippen LogP) is 3.71. The maximum Gasteiger partial charge on any atom is 0.179 e. The molecule has 0 aliphatic rings. The van der Waals surface area contributed by atoms with Gasteiger partial charge in [0.1, 0.15) is 17.1 Å². The van der Waals surface area contributed by atoms with Crippen LogP contribution in [0.4, 0.5) is 8.78 Å². The molecule has 1 aromatic carbocycles. The zero-order valence-corrected chi connectivity index (χ0v) is 12.8. The highest BCUT2D eigenvalue weighted by molar-refractivity contribution is 8.01. The van der Waals surface area contributed by atoms with Crippen molar-refractivity contribution in [2.75, 3.05) is 6.54 Å². The van der Waals surface area contributed by atoms with Crippen molar-refractivity contribution in [3.63, 3.8) is 0 Å². The third kappa shape index (κ3) is 4.22. The molecule has 7 heteroatoms. The SMILES string of the molecule is CC(C)CNCc1cc(F)c(Sc2nncs2)c(F)c1. The second-order valence-corrected chi connectivity index (χ2v) is 6.81. The Morgan fingerprint density at radius 1 is 1.30 bits per heavy atom. The van der Waals surface area contributed by atoms with Crippen LogP contribution >= 0.6 is 23.1 Å². The minimum absolute atomic E-state index is 0.0330. The molecule has 20 heavy (non-hydrogen) atoms. The third-order valence-corrected chi connectivity index (χ3v) is 4.34. The molecule has 1 aromatic heterocycles. The van der Waals surface area contributed by atoms with Gasteiger partial charge in [-0.25, -0.2) is 8.78 Å². The fourth-order valence-corrected chi connectivity index (χ4v) is 3.04. The van der Waals surface area contributed by atoms with Crippen molar-refractivity contribution in [3.05, 3.63) is 34.8 Å². The third-order valence-electron chi connectivity index (χ3n) is 2.47. The molecule has 108 valence electrons. The molecule has 0 saturated heterocycles. The van der Waals surface area contributed by atoms with Gasteiger partial charge in [0.05, 0.1) is 4.90 Å². The number of nitrogens with one attached hydrogen (secondary N) is 1. The molecule has 0 spiro atoms. The first kappa shape index (κ1) is 15.3. The summed E-state index contributed by atoms with van der Waals surface area (Å²) in [5.74, 6) is -0.630. The fraction of sp³-hybridized carbons (Fsp3) is 0.385. The highest BCUT2D eigenvalue weighted by atomic mass is 32.2.